The van der Waals surface area contributed by atoms with Crippen LogP contribution >= 0.6 is 23.2 Å². The maximum atomic E-state index is 14.4. The van der Waals surface area contributed by atoms with Crippen molar-refractivity contribution in [2.24, 2.45) is 4.99 Å². The Bertz CT molecular complexity index is 1760. The minimum absolute atomic E-state index is 0.0705. The fourth-order valence-corrected chi connectivity index (χ4v) is 7.42. The van der Waals surface area contributed by atoms with Crippen molar-refractivity contribution in [2.45, 2.75) is 33.2 Å². The predicted octanol–water partition coefficient (Wildman–Crippen LogP) is 8.36. The van der Waals surface area contributed by atoms with Gasteiger partial charge in [0.1, 0.15) is 22.8 Å². The maximum absolute atomic E-state index is 14.4. The Labute approximate surface area is 280 Å². The third-order valence-corrected chi connectivity index (χ3v) is 9.63. The van der Waals surface area contributed by atoms with Crippen LogP contribution in [-0.2, 0) is 5.54 Å². The molecule has 0 aliphatic carbocycles. The van der Waals surface area contributed by atoms with E-state index < -0.39 is 5.54 Å². The van der Waals surface area contributed by atoms with Crippen molar-refractivity contribution in [1.29, 1.82) is 0 Å². The summed E-state index contributed by atoms with van der Waals surface area (Å²) >= 11 is 12.3. The van der Waals surface area contributed by atoms with E-state index in [0.29, 0.717) is 22.7 Å². The highest BCUT2D eigenvalue weighted by atomic mass is 35.5. The van der Waals surface area contributed by atoms with Gasteiger partial charge in [0, 0.05) is 89.7 Å². The summed E-state index contributed by atoms with van der Waals surface area (Å²) in [5, 5.41) is 11.0. The lowest BCUT2D eigenvalue weighted by atomic mass is 9.74. The molecule has 0 radical (unpaired) electrons. The number of halogens is 2. The molecule has 2 aliphatic rings. The third kappa shape index (κ3) is 5.16. The average molecular weight is 658 g/mol. The zero-order valence-corrected chi connectivity index (χ0v) is 28.1. The number of hydrogen-bond donors (Lipinski definition) is 1. The van der Waals surface area contributed by atoms with Crippen LogP contribution in [0.1, 0.15) is 60.3 Å². The largest absolute Gasteiger partial charge is 0.506 e. The van der Waals surface area contributed by atoms with Crippen LogP contribution in [0, 0.1) is 0 Å². The molecule has 4 aromatic rings. The smallest absolute Gasteiger partial charge is 0.255 e. The minimum Gasteiger partial charge on any atom is -0.506 e. The Morgan fingerprint density at radius 3 is 2.00 bits per heavy atom. The lowest BCUT2D eigenvalue weighted by Gasteiger charge is -2.44. The zero-order valence-electron chi connectivity index (χ0n) is 26.6. The molecule has 0 fully saturated rings. The first-order valence-electron chi connectivity index (χ1n) is 15.8. The van der Waals surface area contributed by atoms with Gasteiger partial charge in [0.15, 0.2) is 0 Å². The molecule has 1 amide bonds. The quantitative estimate of drug-likeness (QED) is 0.174. The summed E-state index contributed by atoms with van der Waals surface area (Å²) in [6.45, 7) is 12.6. The van der Waals surface area contributed by atoms with E-state index in [1.54, 1.807) is 12.3 Å². The van der Waals surface area contributed by atoms with Crippen LogP contribution in [-0.4, -0.2) is 61.4 Å². The SMILES string of the molecule is CCN(CC)c1ccc2c(c1)Oc1cc(N(CC)CC)ccc1C21c2ccccc2C(=O)N1CCN=Cc1cc(Cl)cc(Cl)c1O. The third-order valence-electron chi connectivity index (χ3n) is 9.13. The predicted molar refractivity (Wildman–Crippen MR) is 188 cm³/mol. The van der Waals surface area contributed by atoms with Gasteiger partial charge in [-0.3, -0.25) is 9.79 Å². The standard InChI is InChI=1S/C37H38Cl2N4O3/c1-5-41(6-2)26-13-15-30-33(21-26)46-34-22-27(42(7-3)8-4)14-16-31(34)37(30)29-12-10-9-11-28(29)36(45)43(37)18-17-40-23-24-19-25(38)20-32(39)35(24)44/h9-16,19-23,44H,5-8,17-18H2,1-4H3. The van der Waals surface area contributed by atoms with E-state index in [1.165, 1.54) is 6.07 Å². The Morgan fingerprint density at radius 1 is 0.826 bits per heavy atom. The van der Waals surface area contributed by atoms with Crippen molar-refractivity contribution in [1.82, 2.24) is 4.90 Å². The molecule has 0 saturated carbocycles. The van der Waals surface area contributed by atoms with Gasteiger partial charge in [0.2, 0.25) is 0 Å². The van der Waals surface area contributed by atoms with Gasteiger partial charge < -0.3 is 24.5 Å². The molecule has 2 aliphatic heterocycles. The summed E-state index contributed by atoms with van der Waals surface area (Å²) in [7, 11) is 0. The number of benzene rings is 4. The maximum Gasteiger partial charge on any atom is 0.255 e. The number of phenolic OH excluding ortho intramolecular Hbond substituents is 1. The molecule has 0 saturated heterocycles. The number of ether oxygens (including phenoxy) is 1. The van der Waals surface area contributed by atoms with Gasteiger partial charge in [-0.1, -0.05) is 53.5 Å². The van der Waals surface area contributed by atoms with Gasteiger partial charge in [-0.05, 0) is 63.6 Å². The van der Waals surface area contributed by atoms with E-state index in [1.807, 2.05) is 23.1 Å². The van der Waals surface area contributed by atoms with Crippen LogP contribution in [0.4, 0.5) is 11.4 Å². The molecular weight excluding hydrogens is 619 g/mol. The van der Waals surface area contributed by atoms with Gasteiger partial charge in [0.05, 0.1) is 11.6 Å². The number of rotatable bonds is 10. The molecule has 0 bridgehead atoms. The van der Waals surface area contributed by atoms with E-state index in [-0.39, 0.29) is 23.2 Å². The van der Waals surface area contributed by atoms with Crippen molar-refractivity contribution in [3.63, 3.8) is 0 Å². The number of phenols is 1. The minimum atomic E-state index is -0.933. The molecular formula is C37H38Cl2N4O3. The molecule has 6 rings (SSSR count). The van der Waals surface area contributed by atoms with Crippen LogP contribution in [0.5, 0.6) is 17.2 Å². The molecule has 9 heteroatoms. The number of anilines is 2. The van der Waals surface area contributed by atoms with Gasteiger partial charge >= 0.3 is 0 Å². The molecule has 1 N–H and O–H groups in total. The highest BCUT2D eigenvalue weighted by molar-refractivity contribution is 6.36. The molecule has 0 unspecified atom stereocenters. The van der Waals surface area contributed by atoms with Gasteiger partial charge in [-0.15, -0.1) is 0 Å². The second-order valence-corrected chi connectivity index (χ2v) is 12.2. The first kappa shape index (κ1) is 31.8. The van der Waals surface area contributed by atoms with Gasteiger partial charge in [-0.25, -0.2) is 0 Å². The number of hydrogen-bond acceptors (Lipinski definition) is 6. The number of fused-ring (bicyclic) bond motifs is 6. The summed E-state index contributed by atoms with van der Waals surface area (Å²) < 4.78 is 6.77. The Kier molecular flexibility index (Phi) is 8.90. The van der Waals surface area contributed by atoms with Crippen LogP contribution in [0.15, 0.2) is 77.8 Å². The second-order valence-electron chi connectivity index (χ2n) is 11.4. The fourth-order valence-electron chi connectivity index (χ4n) is 6.91. The molecule has 0 aromatic heterocycles. The fraction of sp³-hybridized carbons (Fsp3) is 0.297. The lowest BCUT2D eigenvalue weighted by Crippen LogP contribution is -2.48. The molecule has 7 nitrogen and oxygen atoms in total. The van der Waals surface area contributed by atoms with Crippen molar-refractivity contribution in [2.75, 3.05) is 49.1 Å². The van der Waals surface area contributed by atoms with E-state index >= 15 is 0 Å². The molecule has 1 spiro atoms. The number of carbonyl (C=O) groups excluding carboxylic acids is 1. The van der Waals surface area contributed by atoms with E-state index in [9.17, 15) is 9.90 Å². The number of nitrogens with zero attached hydrogens (tertiary/aromatic N) is 4. The van der Waals surface area contributed by atoms with Crippen LogP contribution in [0.2, 0.25) is 10.0 Å². The Balaban J connectivity index is 1.51. The van der Waals surface area contributed by atoms with E-state index in [2.05, 4.69) is 85.0 Å². The van der Waals surface area contributed by atoms with Gasteiger partial charge in [-0.2, -0.15) is 0 Å². The molecule has 2 heterocycles. The van der Waals surface area contributed by atoms with Crippen molar-refractivity contribution >= 4 is 46.7 Å². The second kappa shape index (κ2) is 12.9. The van der Waals surface area contributed by atoms with Crippen molar-refractivity contribution < 1.29 is 14.6 Å². The molecule has 238 valence electrons. The average Bonchev–Trinajstić information content (AvgIpc) is 3.30. The summed E-state index contributed by atoms with van der Waals surface area (Å²) in [5.41, 5.74) is 5.01. The summed E-state index contributed by atoms with van der Waals surface area (Å²) in [5.74, 6) is 1.30. The van der Waals surface area contributed by atoms with Crippen molar-refractivity contribution in [3.8, 4) is 17.2 Å². The summed E-state index contributed by atoms with van der Waals surface area (Å²) in [6, 6.07) is 23.6. The van der Waals surface area contributed by atoms with Crippen LogP contribution < -0.4 is 14.5 Å². The highest BCUT2D eigenvalue weighted by Crippen LogP contribution is 2.58. The number of amides is 1. The topological polar surface area (TPSA) is 68.6 Å². The Morgan fingerprint density at radius 2 is 1.41 bits per heavy atom. The Hall–Kier alpha value is -4.20. The molecule has 0 atom stereocenters. The number of aromatic hydroxyl groups is 1. The molecule has 4 aromatic carbocycles. The van der Waals surface area contributed by atoms with E-state index in [0.717, 1.165) is 65.7 Å². The summed E-state index contributed by atoms with van der Waals surface area (Å²) in [6.07, 6.45) is 1.55. The van der Waals surface area contributed by atoms with Crippen LogP contribution in [0.3, 0.4) is 0 Å². The normalized spacial score (nSPS) is 14.3. The highest BCUT2D eigenvalue weighted by Gasteiger charge is 2.56. The van der Waals surface area contributed by atoms with Crippen LogP contribution in [0.25, 0.3) is 0 Å². The first-order valence-corrected chi connectivity index (χ1v) is 16.6. The van der Waals surface area contributed by atoms with Crippen molar-refractivity contribution in [3.05, 3.63) is 111 Å². The monoisotopic (exact) mass is 656 g/mol. The summed E-state index contributed by atoms with van der Waals surface area (Å²) in [4.78, 5) is 25.5. The number of aliphatic imine (C=N–C) groups is 1. The zero-order chi connectivity index (χ0) is 32.6. The number of carbonyl (C=O) groups is 1. The first-order chi connectivity index (χ1) is 22.3. The van der Waals surface area contributed by atoms with Gasteiger partial charge in [0.25, 0.3) is 5.91 Å². The molecule has 46 heavy (non-hydrogen) atoms. The van der Waals surface area contributed by atoms with E-state index in [4.69, 9.17) is 27.9 Å². The lowest BCUT2D eigenvalue weighted by molar-refractivity contribution is 0.0673.